The monoisotopic (exact) mass is 394 g/mol. The van der Waals surface area contributed by atoms with Gasteiger partial charge in [-0.25, -0.2) is 0 Å². The summed E-state index contributed by atoms with van der Waals surface area (Å²) in [6, 6.07) is 15.7. The Labute approximate surface area is 173 Å². The number of aryl methyl sites for hydroxylation is 1. The van der Waals surface area contributed by atoms with Crippen LogP contribution >= 0.6 is 0 Å². The van der Waals surface area contributed by atoms with Crippen LogP contribution < -0.4 is 15.0 Å². The van der Waals surface area contributed by atoms with Crippen LogP contribution in [-0.4, -0.2) is 25.0 Å². The van der Waals surface area contributed by atoms with E-state index >= 15 is 0 Å². The van der Waals surface area contributed by atoms with Crippen LogP contribution in [0.25, 0.3) is 0 Å². The van der Waals surface area contributed by atoms with Gasteiger partial charge in [0.2, 0.25) is 11.8 Å². The molecule has 2 aromatic carbocycles. The van der Waals surface area contributed by atoms with Crippen molar-refractivity contribution in [2.24, 2.45) is 5.92 Å². The lowest BCUT2D eigenvalue weighted by molar-refractivity contribution is -0.132. The lowest BCUT2D eigenvalue weighted by Gasteiger charge is -2.17. The molecule has 5 heteroatoms. The van der Waals surface area contributed by atoms with E-state index in [0.29, 0.717) is 26.1 Å². The Kier molecular flexibility index (Phi) is 7.28. The van der Waals surface area contributed by atoms with Crippen LogP contribution in [0.4, 0.5) is 5.69 Å². The fraction of sp³-hybridized carbons (Fsp3) is 0.417. The standard InChI is InChI=1S/C24H30N2O3/c1-3-5-16-29-21-12-8-19(9-13-21)17-25-23(27)22-14-15-26(24(22)28)20-10-6-18(4-2)7-11-20/h6-13,22H,3-5,14-17H2,1-2H3,(H,25,27)/t22-/m0/s1. The Morgan fingerprint density at radius 2 is 1.76 bits per heavy atom. The number of ether oxygens (including phenoxy) is 1. The number of amides is 2. The Bertz CT molecular complexity index is 815. The van der Waals surface area contributed by atoms with Crippen molar-refractivity contribution < 1.29 is 14.3 Å². The number of carbonyl (C=O) groups excluding carboxylic acids is 2. The highest BCUT2D eigenvalue weighted by molar-refractivity contribution is 6.09. The molecule has 2 amide bonds. The molecule has 154 valence electrons. The van der Waals surface area contributed by atoms with Crippen molar-refractivity contribution in [2.45, 2.75) is 46.1 Å². The first-order valence-electron chi connectivity index (χ1n) is 10.5. The van der Waals surface area contributed by atoms with Crippen LogP contribution in [-0.2, 0) is 22.6 Å². The summed E-state index contributed by atoms with van der Waals surface area (Å²) in [6.45, 7) is 5.93. The molecule has 0 radical (unpaired) electrons. The Hall–Kier alpha value is -2.82. The normalized spacial score (nSPS) is 16.1. The highest BCUT2D eigenvalue weighted by Crippen LogP contribution is 2.26. The maximum absolute atomic E-state index is 12.7. The summed E-state index contributed by atoms with van der Waals surface area (Å²) in [5.74, 6) is -0.0981. The number of carbonyl (C=O) groups is 2. The molecule has 1 aliphatic rings. The molecule has 1 aliphatic heterocycles. The highest BCUT2D eigenvalue weighted by atomic mass is 16.5. The van der Waals surface area contributed by atoms with E-state index in [9.17, 15) is 9.59 Å². The summed E-state index contributed by atoms with van der Waals surface area (Å²) >= 11 is 0. The van der Waals surface area contributed by atoms with Crippen molar-refractivity contribution >= 4 is 17.5 Å². The first-order valence-corrected chi connectivity index (χ1v) is 10.5. The molecular formula is C24H30N2O3. The third-order valence-electron chi connectivity index (χ3n) is 5.33. The summed E-state index contributed by atoms with van der Waals surface area (Å²) in [6.07, 6.45) is 3.65. The molecular weight excluding hydrogens is 364 g/mol. The molecule has 0 aliphatic carbocycles. The third-order valence-corrected chi connectivity index (χ3v) is 5.33. The van der Waals surface area contributed by atoms with Crippen LogP contribution in [0, 0.1) is 5.92 Å². The lowest BCUT2D eigenvalue weighted by Crippen LogP contribution is -2.36. The Balaban J connectivity index is 1.51. The molecule has 29 heavy (non-hydrogen) atoms. The number of benzene rings is 2. The van der Waals surface area contributed by atoms with Gasteiger partial charge < -0.3 is 15.0 Å². The summed E-state index contributed by atoms with van der Waals surface area (Å²) < 4.78 is 5.65. The van der Waals surface area contributed by atoms with Gasteiger partial charge in [-0.3, -0.25) is 9.59 Å². The lowest BCUT2D eigenvalue weighted by atomic mass is 10.1. The number of hydrogen-bond donors (Lipinski definition) is 1. The summed E-state index contributed by atoms with van der Waals surface area (Å²) in [4.78, 5) is 27.0. The molecule has 0 unspecified atom stereocenters. The number of rotatable bonds is 9. The van der Waals surface area contributed by atoms with Gasteiger partial charge in [0.05, 0.1) is 6.61 Å². The van der Waals surface area contributed by atoms with Crippen molar-refractivity contribution in [3.05, 3.63) is 59.7 Å². The van der Waals surface area contributed by atoms with Gasteiger partial charge in [0, 0.05) is 18.8 Å². The second-order valence-electron chi connectivity index (χ2n) is 7.41. The Morgan fingerprint density at radius 3 is 2.41 bits per heavy atom. The van der Waals surface area contributed by atoms with Crippen molar-refractivity contribution in [1.29, 1.82) is 0 Å². The van der Waals surface area contributed by atoms with Crippen LogP contribution in [0.1, 0.15) is 44.2 Å². The second kappa shape index (κ2) is 10.1. The first-order chi connectivity index (χ1) is 14.1. The van der Waals surface area contributed by atoms with Gasteiger partial charge in [-0.15, -0.1) is 0 Å². The number of unbranched alkanes of at least 4 members (excludes halogenated alkanes) is 1. The smallest absolute Gasteiger partial charge is 0.239 e. The van der Waals surface area contributed by atoms with Crippen LogP contribution in [0.2, 0.25) is 0 Å². The minimum atomic E-state index is -0.613. The molecule has 0 aromatic heterocycles. The van der Waals surface area contributed by atoms with Gasteiger partial charge in [-0.2, -0.15) is 0 Å². The second-order valence-corrected chi connectivity index (χ2v) is 7.41. The first kappa shape index (κ1) is 20.9. The van der Waals surface area contributed by atoms with Gasteiger partial charge in [-0.05, 0) is 54.7 Å². The molecule has 1 saturated heterocycles. The molecule has 0 spiro atoms. The van der Waals surface area contributed by atoms with Gasteiger partial charge in [0.25, 0.3) is 0 Å². The van der Waals surface area contributed by atoms with E-state index < -0.39 is 5.92 Å². The fourth-order valence-electron chi connectivity index (χ4n) is 3.44. The average molecular weight is 395 g/mol. The fourth-order valence-corrected chi connectivity index (χ4v) is 3.44. The van der Waals surface area contributed by atoms with Gasteiger partial charge in [-0.1, -0.05) is 44.5 Å². The molecule has 1 heterocycles. The summed E-state index contributed by atoms with van der Waals surface area (Å²) in [5, 5.41) is 2.91. The number of nitrogens with zero attached hydrogens (tertiary/aromatic N) is 1. The number of nitrogens with one attached hydrogen (secondary N) is 1. The SMILES string of the molecule is CCCCOc1ccc(CNC(=O)[C@@H]2CCN(c3ccc(CC)cc3)C2=O)cc1. The predicted molar refractivity (Wildman–Crippen MR) is 115 cm³/mol. The maximum Gasteiger partial charge on any atom is 0.239 e. The molecule has 1 N–H and O–H groups in total. The average Bonchev–Trinajstić information content (AvgIpc) is 3.14. The van der Waals surface area contributed by atoms with Gasteiger partial charge in [0.15, 0.2) is 0 Å². The minimum Gasteiger partial charge on any atom is -0.494 e. The Morgan fingerprint density at radius 1 is 1.07 bits per heavy atom. The zero-order chi connectivity index (χ0) is 20.6. The molecule has 0 saturated carbocycles. The quantitative estimate of drug-likeness (QED) is 0.515. The zero-order valence-corrected chi connectivity index (χ0v) is 17.3. The summed E-state index contributed by atoms with van der Waals surface area (Å²) in [7, 11) is 0. The van der Waals surface area contributed by atoms with Crippen LogP contribution in [0.15, 0.2) is 48.5 Å². The number of hydrogen-bond acceptors (Lipinski definition) is 3. The van der Waals surface area contributed by atoms with Crippen molar-refractivity contribution in [1.82, 2.24) is 5.32 Å². The van der Waals surface area contributed by atoms with Crippen LogP contribution in [0.5, 0.6) is 5.75 Å². The van der Waals surface area contributed by atoms with Crippen LogP contribution in [0.3, 0.4) is 0 Å². The topological polar surface area (TPSA) is 58.6 Å². The minimum absolute atomic E-state index is 0.119. The van der Waals surface area contributed by atoms with Gasteiger partial charge >= 0.3 is 0 Å². The third kappa shape index (κ3) is 5.37. The van der Waals surface area contributed by atoms with Crippen molar-refractivity contribution in [2.75, 3.05) is 18.1 Å². The molecule has 2 aromatic rings. The largest absolute Gasteiger partial charge is 0.494 e. The van der Waals surface area contributed by atoms with Crippen molar-refractivity contribution in [3.63, 3.8) is 0 Å². The molecule has 1 fully saturated rings. The van der Waals surface area contributed by atoms with E-state index in [1.807, 2.05) is 48.5 Å². The van der Waals surface area contributed by atoms with Crippen molar-refractivity contribution in [3.8, 4) is 5.75 Å². The molecule has 5 nitrogen and oxygen atoms in total. The molecule has 3 rings (SSSR count). The molecule has 1 atom stereocenters. The van der Waals surface area contributed by atoms with E-state index in [2.05, 4.69) is 19.2 Å². The van der Waals surface area contributed by atoms with E-state index in [0.717, 1.165) is 36.3 Å². The van der Waals surface area contributed by atoms with Gasteiger partial charge in [0.1, 0.15) is 11.7 Å². The highest BCUT2D eigenvalue weighted by Gasteiger charge is 2.37. The predicted octanol–water partition coefficient (Wildman–Crippen LogP) is 4.10. The maximum atomic E-state index is 12.7. The molecule has 0 bridgehead atoms. The van der Waals surface area contributed by atoms with E-state index in [4.69, 9.17) is 4.74 Å². The number of anilines is 1. The van der Waals surface area contributed by atoms with E-state index in [1.54, 1.807) is 4.90 Å². The summed E-state index contributed by atoms with van der Waals surface area (Å²) in [5.41, 5.74) is 3.08. The van der Waals surface area contributed by atoms with E-state index in [-0.39, 0.29) is 11.8 Å². The zero-order valence-electron chi connectivity index (χ0n) is 17.3. The van der Waals surface area contributed by atoms with E-state index in [1.165, 1.54) is 5.56 Å².